The number of oxime groups is 1. The number of aliphatic hydroxyl groups excluding tert-OH is 2. The molecule has 4 aromatic rings. The summed E-state index contributed by atoms with van der Waals surface area (Å²) >= 11 is 0. The van der Waals surface area contributed by atoms with Crippen molar-refractivity contribution in [1.29, 1.82) is 0 Å². The predicted octanol–water partition coefficient (Wildman–Crippen LogP) is 10.3. The Morgan fingerprint density at radius 1 is 0.915 bits per heavy atom. The number of nitro benzene ring substituents is 2. The van der Waals surface area contributed by atoms with Crippen LogP contribution in [0.3, 0.4) is 0 Å². The van der Waals surface area contributed by atoms with Gasteiger partial charge >= 0.3 is 0 Å². The Kier molecular flexibility index (Phi) is 16.7. The first-order valence-electron chi connectivity index (χ1n) is 24.3. The maximum absolute atomic E-state index is 15.2. The van der Waals surface area contributed by atoms with Gasteiger partial charge in [0.1, 0.15) is 29.1 Å². The zero-order valence-electron chi connectivity index (χ0n) is 39.4. The van der Waals surface area contributed by atoms with Gasteiger partial charge in [-0.3, -0.25) is 25.0 Å². The molecule has 2 fully saturated rings. The SMILES string of the molecule is C=CCO[C@@]12Oc3ccc(Oc4cccc([N+](=O)[O-])c4)cc3[C@H]3[C@H](CCCCO)[C@@H](CCCCO)C=C(C(=NOC4CCCCO4)C[C@@H]1N(Cc1ccc(F)cc1)C(=O)C=Cc1ccc([N+](=O)[O-])cc1)[C@H]32. The van der Waals surface area contributed by atoms with Crippen LogP contribution in [0.15, 0.2) is 127 Å². The molecule has 17 heteroatoms. The minimum Gasteiger partial charge on any atom is -0.459 e. The number of carbonyl (C=O) groups excluding carboxylic acids is 1. The van der Waals surface area contributed by atoms with Crippen molar-refractivity contribution in [3.63, 3.8) is 0 Å². The van der Waals surface area contributed by atoms with Crippen LogP contribution in [0.4, 0.5) is 15.8 Å². The highest BCUT2D eigenvalue weighted by molar-refractivity contribution is 6.03. The molecule has 2 aliphatic heterocycles. The zero-order valence-corrected chi connectivity index (χ0v) is 39.4. The van der Waals surface area contributed by atoms with E-state index in [4.69, 9.17) is 28.9 Å². The molecule has 0 spiro atoms. The van der Waals surface area contributed by atoms with E-state index in [-0.39, 0.29) is 61.7 Å². The first kappa shape index (κ1) is 50.6. The van der Waals surface area contributed by atoms with Crippen LogP contribution in [0.5, 0.6) is 17.2 Å². The molecule has 0 bridgehead atoms. The third-order valence-corrected chi connectivity index (χ3v) is 13.8. The minimum absolute atomic E-state index is 0.00151. The minimum atomic E-state index is -1.65. The van der Waals surface area contributed by atoms with Crippen molar-refractivity contribution in [3.05, 3.63) is 164 Å². The van der Waals surface area contributed by atoms with Crippen LogP contribution in [-0.2, 0) is 25.7 Å². The summed E-state index contributed by atoms with van der Waals surface area (Å²) in [4.78, 5) is 45.3. The van der Waals surface area contributed by atoms with E-state index in [1.54, 1.807) is 65.6 Å². The van der Waals surface area contributed by atoms with Gasteiger partial charge in [0, 0.05) is 68.4 Å². The zero-order chi connectivity index (χ0) is 49.9. The van der Waals surface area contributed by atoms with Crippen molar-refractivity contribution in [3.8, 4) is 17.2 Å². The molecule has 2 aliphatic carbocycles. The summed E-state index contributed by atoms with van der Waals surface area (Å²) in [5, 5.41) is 48.2. The van der Waals surface area contributed by atoms with E-state index < -0.39 is 51.5 Å². The number of nitro groups is 2. The number of hydrogen-bond donors (Lipinski definition) is 2. The Labute approximate surface area is 411 Å². The molecule has 374 valence electrons. The average Bonchev–Trinajstić information content (AvgIpc) is 3.38. The monoisotopic (exact) mass is 974 g/mol. The molecule has 0 aromatic heterocycles. The molecule has 16 nitrogen and oxygen atoms in total. The maximum Gasteiger partial charge on any atom is 0.273 e. The molecular weight excluding hydrogens is 916 g/mol. The van der Waals surface area contributed by atoms with Crippen molar-refractivity contribution in [2.75, 3.05) is 26.4 Å². The lowest BCUT2D eigenvalue weighted by Gasteiger charge is -2.60. The van der Waals surface area contributed by atoms with Gasteiger partial charge in [0.2, 0.25) is 18.0 Å². The van der Waals surface area contributed by atoms with Gasteiger partial charge in [-0.1, -0.05) is 48.3 Å². The van der Waals surface area contributed by atoms with E-state index in [0.717, 1.165) is 30.4 Å². The number of rotatable bonds is 22. The number of fused-ring (bicyclic) bond motifs is 2. The third kappa shape index (κ3) is 11.7. The summed E-state index contributed by atoms with van der Waals surface area (Å²) in [5.74, 6) is -2.76. The van der Waals surface area contributed by atoms with Gasteiger partial charge in [-0.05, 0) is 122 Å². The van der Waals surface area contributed by atoms with Crippen LogP contribution in [0.25, 0.3) is 6.08 Å². The van der Waals surface area contributed by atoms with Crippen molar-refractivity contribution < 1.29 is 53.0 Å². The maximum atomic E-state index is 15.2. The molecule has 1 saturated heterocycles. The van der Waals surface area contributed by atoms with E-state index in [0.29, 0.717) is 73.5 Å². The summed E-state index contributed by atoms with van der Waals surface area (Å²) in [5.41, 5.74) is 3.03. The van der Waals surface area contributed by atoms with Crippen molar-refractivity contribution >= 4 is 29.1 Å². The molecule has 7 atom stereocenters. The van der Waals surface area contributed by atoms with Crippen molar-refractivity contribution in [2.24, 2.45) is 22.9 Å². The van der Waals surface area contributed by atoms with E-state index in [2.05, 4.69) is 12.7 Å². The van der Waals surface area contributed by atoms with Crippen LogP contribution < -0.4 is 9.47 Å². The van der Waals surface area contributed by atoms with Gasteiger partial charge in [0.25, 0.3) is 11.4 Å². The third-order valence-electron chi connectivity index (χ3n) is 13.8. The number of amides is 1. The largest absolute Gasteiger partial charge is 0.459 e. The number of halogens is 1. The highest BCUT2D eigenvalue weighted by atomic mass is 19.1. The summed E-state index contributed by atoms with van der Waals surface area (Å²) in [6, 6.07) is 22.1. The van der Waals surface area contributed by atoms with Crippen molar-refractivity contribution in [1.82, 2.24) is 4.90 Å². The summed E-state index contributed by atoms with van der Waals surface area (Å²) in [6.45, 7) is 4.53. The number of unbranched alkanes of at least 4 members (excludes halogenated alkanes) is 2. The van der Waals surface area contributed by atoms with Crippen molar-refractivity contribution in [2.45, 2.75) is 94.8 Å². The second-order valence-corrected chi connectivity index (χ2v) is 18.3. The number of nitrogens with zero attached hydrogens (tertiary/aromatic N) is 4. The average molecular weight is 975 g/mol. The Bertz CT molecular complexity index is 2620. The van der Waals surface area contributed by atoms with Crippen LogP contribution in [0.1, 0.15) is 86.8 Å². The summed E-state index contributed by atoms with van der Waals surface area (Å²) < 4.78 is 41.3. The molecule has 71 heavy (non-hydrogen) atoms. The number of non-ortho nitro benzene ring substituents is 2. The first-order chi connectivity index (χ1) is 34.5. The summed E-state index contributed by atoms with van der Waals surface area (Å²) in [6.07, 6.45) is 12.6. The molecule has 0 radical (unpaired) electrons. The molecule has 1 unspecified atom stereocenters. The number of aliphatic hydroxyl groups is 2. The number of carbonyl (C=O) groups is 1. The van der Waals surface area contributed by atoms with Crippen LogP contribution >= 0.6 is 0 Å². The van der Waals surface area contributed by atoms with Gasteiger partial charge in [-0.2, -0.15) is 0 Å². The highest BCUT2D eigenvalue weighted by Gasteiger charge is 2.65. The van der Waals surface area contributed by atoms with Crippen LogP contribution in [0.2, 0.25) is 0 Å². The topological polar surface area (TPSA) is 206 Å². The molecule has 4 aliphatic rings. The number of hydrogen-bond acceptors (Lipinski definition) is 13. The van der Waals surface area contributed by atoms with Crippen LogP contribution in [-0.4, -0.2) is 81.1 Å². The quantitative estimate of drug-likeness (QED) is 0.0248. The lowest BCUT2D eigenvalue weighted by Crippen LogP contribution is -2.70. The lowest BCUT2D eigenvalue weighted by atomic mass is 9.55. The highest BCUT2D eigenvalue weighted by Crippen LogP contribution is 2.62. The molecule has 2 heterocycles. The second-order valence-electron chi connectivity index (χ2n) is 18.3. The standard InChI is InChI=1S/C54H59FN4O12/c1-2-29-68-54-49(57(35-37-15-20-39(55)21-16-37)50(62)26-19-36-17-22-40(23-18-36)58(63)64)34-47(56-71-51-14-5-8-30-67-51)45-31-38(10-3-6-27-60)44(13-4-7-28-61)52(53(45)54)46-33-43(24-25-48(46)70-54)69-42-12-9-11-41(32-42)59(65)66/h2,9,11-12,15-26,31-33,38,44,49,51-53,60-61H,1,3-8,10,13-14,27-30,34-35H2/t38-,44+,49-,51?,52+,53+,54+/m0/s1. The smallest absolute Gasteiger partial charge is 0.273 e. The molecule has 2 N–H and O–H groups in total. The fourth-order valence-corrected chi connectivity index (χ4v) is 10.5. The molecule has 4 aromatic carbocycles. The molecular formula is C54H59FN4O12. The summed E-state index contributed by atoms with van der Waals surface area (Å²) in [7, 11) is 0. The first-order valence-corrected chi connectivity index (χ1v) is 24.3. The van der Waals surface area contributed by atoms with Gasteiger partial charge in [0.05, 0.1) is 40.8 Å². The number of ether oxygens (including phenoxy) is 4. The van der Waals surface area contributed by atoms with Gasteiger partial charge in [0.15, 0.2) is 0 Å². The fraction of sp³-hybridized carbons (Fsp3) is 0.407. The van der Waals surface area contributed by atoms with E-state index in [1.165, 1.54) is 42.5 Å². The Hall–Kier alpha value is -6.79. The van der Waals surface area contributed by atoms with Gasteiger partial charge in [-0.15, -0.1) is 6.58 Å². The number of benzene rings is 4. The molecule has 8 rings (SSSR count). The molecule has 1 amide bonds. The Balaban J connectivity index is 1.34. The fourth-order valence-electron chi connectivity index (χ4n) is 10.5. The van der Waals surface area contributed by atoms with Crippen LogP contribution in [0, 0.1) is 43.8 Å². The normalized spacial score (nSPS) is 24.0. The van der Waals surface area contributed by atoms with E-state index in [1.807, 2.05) is 6.07 Å². The van der Waals surface area contributed by atoms with E-state index >= 15 is 4.79 Å². The van der Waals surface area contributed by atoms with E-state index in [9.17, 15) is 34.8 Å². The Morgan fingerprint density at radius 3 is 2.37 bits per heavy atom. The lowest BCUT2D eigenvalue weighted by molar-refractivity contribution is -0.385. The molecule has 1 saturated carbocycles. The second kappa shape index (κ2) is 23.4. The predicted molar refractivity (Wildman–Crippen MR) is 262 cm³/mol. The Morgan fingerprint density at radius 2 is 1.66 bits per heavy atom. The van der Waals surface area contributed by atoms with Gasteiger partial charge < -0.3 is 38.9 Å². The van der Waals surface area contributed by atoms with Gasteiger partial charge in [-0.25, -0.2) is 4.39 Å². The number of allylic oxidation sites excluding steroid dienone is 1.